The Morgan fingerprint density at radius 3 is 2.05 bits per heavy atom. The molecule has 0 heterocycles. The fourth-order valence-electron chi connectivity index (χ4n) is 1.38. The van der Waals surface area contributed by atoms with Crippen molar-refractivity contribution in [3.05, 3.63) is 0 Å². The molecule has 2 amide bonds. The number of hydrogen-bond acceptors (Lipinski definition) is 3. The Morgan fingerprint density at radius 2 is 1.68 bits per heavy atom. The van der Waals surface area contributed by atoms with Crippen molar-refractivity contribution in [3.63, 3.8) is 0 Å². The Labute approximate surface area is 115 Å². The second-order valence-electron chi connectivity index (χ2n) is 5.70. The van der Waals surface area contributed by atoms with Gasteiger partial charge in [0.05, 0.1) is 6.61 Å². The van der Waals surface area contributed by atoms with E-state index in [9.17, 15) is 9.59 Å². The van der Waals surface area contributed by atoms with Crippen LogP contribution in [-0.4, -0.2) is 55.5 Å². The van der Waals surface area contributed by atoms with Crippen molar-refractivity contribution >= 4 is 18.0 Å². The van der Waals surface area contributed by atoms with Crippen molar-refractivity contribution in [1.29, 1.82) is 0 Å². The summed E-state index contributed by atoms with van der Waals surface area (Å²) in [5, 5.41) is 0. The Bertz CT molecular complexity index is 357. The van der Waals surface area contributed by atoms with Crippen LogP contribution in [0.5, 0.6) is 0 Å². The SMILES string of the molecule is CCOC(=O)N(C)C(=NC(=O)CC(C)(C)C)N(C)C. The van der Waals surface area contributed by atoms with Gasteiger partial charge in [-0.25, -0.2) is 4.79 Å². The average molecular weight is 271 g/mol. The van der Waals surface area contributed by atoms with Gasteiger partial charge in [-0.2, -0.15) is 4.99 Å². The van der Waals surface area contributed by atoms with Gasteiger partial charge in [-0.1, -0.05) is 20.8 Å². The van der Waals surface area contributed by atoms with Gasteiger partial charge in [0.2, 0.25) is 11.9 Å². The molecule has 0 fully saturated rings. The first-order valence-electron chi connectivity index (χ1n) is 6.27. The van der Waals surface area contributed by atoms with Crippen LogP contribution in [0.1, 0.15) is 34.1 Å². The van der Waals surface area contributed by atoms with Gasteiger partial charge >= 0.3 is 6.09 Å². The summed E-state index contributed by atoms with van der Waals surface area (Å²) in [5.74, 6) is 0.0139. The van der Waals surface area contributed by atoms with Gasteiger partial charge in [0, 0.05) is 27.6 Å². The summed E-state index contributed by atoms with van der Waals surface area (Å²) in [6.45, 7) is 7.89. The molecule has 6 heteroatoms. The summed E-state index contributed by atoms with van der Waals surface area (Å²) in [6.07, 6.45) is -0.209. The summed E-state index contributed by atoms with van der Waals surface area (Å²) in [7, 11) is 4.97. The van der Waals surface area contributed by atoms with Crippen molar-refractivity contribution in [2.24, 2.45) is 10.4 Å². The van der Waals surface area contributed by atoms with Gasteiger partial charge in [-0.3, -0.25) is 9.69 Å². The van der Waals surface area contributed by atoms with Crippen LogP contribution in [0, 0.1) is 5.41 Å². The normalized spacial score (nSPS) is 12.1. The predicted octanol–water partition coefficient (Wildman–Crippen LogP) is 1.96. The molecule has 0 aromatic carbocycles. The Hall–Kier alpha value is -1.59. The molecular formula is C13H25N3O3. The van der Waals surface area contributed by atoms with E-state index < -0.39 is 6.09 Å². The average Bonchev–Trinajstić information content (AvgIpc) is 2.22. The van der Waals surface area contributed by atoms with Crippen molar-refractivity contribution in [2.75, 3.05) is 27.7 Å². The van der Waals surface area contributed by atoms with E-state index in [1.807, 2.05) is 20.8 Å². The number of rotatable bonds is 2. The number of aliphatic imine (C=N–C) groups is 1. The van der Waals surface area contributed by atoms with Crippen molar-refractivity contribution in [1.82, 2.24) is 9.80 Å². The molecule has 110 valence electrons. The number of carbonyl (C=O) groups excluding carboxylic acids is 2. The minimum atomic E-state index is -0.529. The number of carbonyl (C=O) groups is 2. The molecule has 0 saturated carbocycles. The molecule has 0 N–H and O–H groups in total. The fourth-order valence-corrected chi connectivity index (χ4v) is 1.38. The smallest absolute Gasteiger partial charge is 0.416 e. The van der Waals surface area contributed by atoms with Crippen LogP contribution in [0.25, 0.3) is 0 Å². The maximum absolute atomic E-state index is 11.9. The van der Waals surface area contributed by atoms with Gasteiger partial charge in [-0.05, 0) is 12.3 Å². The zero-order valence-corrected chi connectivity index (χ0v) is 13.0. The van der Waals surface area contributed by atoms with Crippen molar-refractivity contribution < 1.29 is 14.3 Å². The summed E-state index contributed by atoms with van der Waals surface area (Å²) in [5.41, 5.74) is -0.138. The molecule has 0 aliphatic carbocycles. The highest BCUT2D eigenvalue weighted by molar-refractivity contribution is 5.99. The molecular weight excluding hydrogens is 246 g/mol. The summed E-state index contributed by atoms with van der Waals surface area (Å²) < 4.78 is 4.89. The molecule has 0 saturated heterocycles. The molecule has 0 aromatic rings. The fraction of sp³-hybridized carbons (Fsp3) is 0.769. The topological polar surface area (TPSA) is 62.2 Å². The highest BCUT2D eigenvalue weighted by Crippen LogP contribution is 2.19. The molecule has 0 bridgehead atoms. The van der Waals surface area contributed by atoms with Gasteiger partial charge in [0.25, 0.3) is 0 Å². The first kappa shape index (κ1) is 17.4. The van der Waals surface area contributed by atoms with Crippen LogP contribution >= 0.6 is 0 Å². The number of guanidine groups is 1. The molecule has 0 aromatic heterocycles. The lowest BCUT2D eigenvalue weighted by Crippen LogP contribution is -2.42. The third-order valence-corrected chi connectivity index (χ3v) is 2.15. The van der Waals surface area contributed by atoms with E-state index in [2.05, 4.69) is 4.99 Å². The lowest BCUT2D eigenvalue weighted by molar-refractivity contribution is -0.119. The Kier molecular flexibility index (Phi) is 6.52. The maximum atomic E-state index is 11.9. The molecule has 0 unspecified atom stereocenters. The standard InChI is InChI=1S/C13H25N3O3/c1-8-19-12(18)16(7)11(15(5)6)14-10(17)9-13(2,3)4/h8-9H2,1-7H3. The minimum absolute atomic E-state index is 0.138. The molecule has 6 nitrogen and oxygen atoms in total. The molecule has 0 aliphatic rings. The zero-order chi connectivity index (χ0) is 15.2. The first-order chi connectivity index (χ1) is 8.58. The molecule has 0 spiro atoms. The van der Waals surface area contributed by atoms with Crippen LogP contribution in [0.4, 0.5) is 4.79 Å². The number of ether oxygens (including phenoxy) is 1. The third-order valence-electron chi connectivity index (χ3n) is 2.15. The monoisotopic (exact) mass is 271 g/mol. The molecule has 0 aliphatic heterocycles. The third kappa shape index (κ3) is 6.79. The highest BCUT2D eigenvalue weighted by Gasteiger charge is 2.21. The lowest BCUT2D eigenvalue weighted by Gasteiger charge is -2.24. The summed E-state index contributed by atoms with van der Waals surface area (Å²) >= 11 is 0. The lowest BCUT2D eigenvalue weighted by atomic mass is 9.92. The minimum Gasteiger partial charge on any atom is -0.449 e. The van der Waals surface area contributed by atoms with E-state index in [0.717, 1.165) is 0 Å². The van der Waals surface area contributed by atoms with E-state index >= 15 is 0 Å². The quantitative estimate of drug-likeness (QED) is 0.569. The van der Waals surface area contributed by atoms with E-state index in [0.29, 0.717) is 6.42 Å². The van der Waals surface area contributed by atoms with E-state index in [1.54, 1.807) is 25.9 Å². The largest absolute Gasteiger partial charge is 0.449 e. The Balaban J connectivity index is 5.00. The zero-order valence-electron chi connectivity index (χ0n) is 13.0. The van der Waals surface area contributed by atoms with Crippen LogP contribution in [0.3, 0.4) is 0 Å². The first-order valence-corrected chi connectivity index (χ1v) is 6.27. The van der Waals surface area contributed by atoms with Crippen LogP contribution in [0.15, 0.2) is 4.99 Å². The summed E-state index contributed by atoms with van der Waals surface area (Å²) in [4.78, 5) is 30.3. The van der Waals surface area contributed by atoms with Gasteiger partial charge in [-0.15, -0.1) is 0 Å². The second-order valence-corrected chi connectivity index (χ2v) is 5.70. The Morgan fingerprint density at radius 1 is 1.16 bits per heavy atom. The van der Waals surface area contributed by atoms with Crippen molar-refractivity contribution in [2.45, 2.75) is 34.1 Å². The number of hydrogen-bond donors (Lipinski definition) is 0. The molecule has 0 radical (unpaired) electrons. The predicted molar refractivity (Wildman–Crippen MR) is 75.0 cm³/mol. The van der Waals surface area contributed by atoms with Crippen molar-refractivity contribution in [3.8, 4) is 0 Å². The maximum Gasteiger partial charge on any atom is 0.416 e. The molecule has 0 rings (SSSR count). The van der Waals surface area contributed by atoms with E-state index in [1.165, 1.54) is 11.9 Å². The molecule has 0 atom stereocenters. The molecule has 19 heavy (non-hydrogen) atoms. The summed E-state index contributed by atoms with van der Waals surface area (Å²) in [6, 6.07) is 0. The van der Waals surface area contributed by atoms with E-state index in [4.69, 9.17) is 4.74 Å². The van der Waals surface area contributed by atoms with Gasteiger partial charge < -0.3 is 9.64 Å². The number of nitrogens with zero attached hydrogens (tertiary/aromatic N) is 3. The highest BCUT2D eigenvalue weighted by atomic mass is 16.6. The van der Waals surface area contributed by atoms with Gasteiger partial charge in [0.15, 0.2) is 0 Å². The van der Waals surface area contributed by atoms with E-state index in [-0.39, 0.29) is 23.9 Å². The van der Waals surface area contributed by atoms with Crippen LogP contribution < -0.4 is 0 Å². The van der Waals surface area contributed by atoms with Crippen LogP contribution in [0.2, 0.25) is 0 Å². The van der Waals surface area contributed by atoms with Crippen LogP contribution in [-0.2, 0) is 9.53 Å². The number of amides is 2. The second kappa shape index (κ2) is 7.11. The van der Waals surface area contributed by atoms with Gasteiger partial charge in [0.1, 0.15) is 0 Å².